The minimum atomic E-state index is -1.29. The van der Waals surface area contributed by atoms with Crippen molar-refractivity contribution in [2.75, 3.05) is 18.9 Å². The zero-order valence-corrected chi connectivity index (χ0v) is 10.9. The number of benzene rings is 1. The second-order valence-corrected chi connectivity index (χ2v) is 4.17. The summed E-state index contributed by atoms with van der Waals surface area (Å²) in [7, 11) is 1.58. The van der Waals surface area contributed by atoms with Gasteiger partial charge < -0.3 is 15.3 Å². The summed E-state index contributed by atoms with van der Waals surface area (Å²) in [5, 5.41) is 11.3. The molecule has 0 aromatic heterocycles. The first-order chi connectivity index (χ1) is 8.97. The molecule has 5 nitrogen and oxygen atoms in total. The molecule has 0 atom stereocenters. The van der Waals surface area contributed by atoms with Crippen molar-refractivity contribution in [3.8, 4) is 0 Å². The number of para-hydroxylation sites is 1. The van der Waals surface area contributed by atoms with Gasteiger partial charge in [0.15, 0.2) is 0 Å². The SMILES string of the molecule is CCCCN(C)C(=O)Nc1c(F)cccc1C(=O)O. The molecule has 0 aliphatic heterocycles. The van der Waals surface area contributed by atoms with Crippen molar-refractivity contribution in [2.24, 2.45) is 0 Å². The molecule has 1 aromatic rings. The van der Waals surface area contributed by atoms with E-state index in [-0.39, 0.29) is 11.3 Å². The number of halogens is 1. The molecule has 0 bridgehead atoms. The number of carboxylic acids is 1. The van der Waals surface area contributed by atoms with Crippen LogP contribution in [0.2, 0.25) is 0 Å². The molecule has 2 N–H and O–H groups in total. The number of carbonyl (C=O) groups is 2. The number of carbonyl (C=O) groups excluding carboxylic acids is 1. The van der Waals surface area contributed by atoms with Crippen molar-refractivity contribution in [2.45, 2.75) is 19.8 Å². The van der Waals surface area contributed by atoms with E-state index in [2.05, 4.69) is 5.32 Å². The Morgan fingerprint density at radius 1 is 1.42 bits per heavy atom. The largest absolute Gasteiger partial charge is 0.478 e. The number of hydrogen-bond acceptors (Lipinski definition) is 2. The quantitative estimate of drug-likeness (QED) is 0.862. The normalized spacial score (nSPS) is 10.1. The molecule has 2 amide bonds. The third-order valence-electron chi connectivity index (χ3n) is 2.67. The predicted octanol–water partition coefficient (Wildman–Crippen LogP) is 2.79. The Hall–Kier alpha value is -2.11. The van der Waals surface area contributed by atoms with Crippen molar-refractivity contribution < 1.29 is 19.1 Å². The molecule has 0 radical (unpaired) electrons. The van der Waals surface area contributed by atoms with E-state index in [1.165, 1.54) is 17.0 Å². The van der Waals surface area contributed by atoms with Crippen LogP contribution in [-0.2, 0) is 0 Å². The molecule has 0 aliphatic rings. The molecule has 19 heavy (non-hydrogen) atoms. The highest BCUT2D eigenvalue weighted by atomic mass is 19.1. The fourth-order valence-corrected chi connectivity index (χ4v) is 1.53. The predicted molar refractivity (Wildman–Crippen MR) is 69.9 cm³/mol. The summed E-state index contributed by atoms with van der Waals surface area (Å²) in [6, 6.07) is 3.11. The van der Waals surface area contributed by atoms with Crippen molar-refractivity contribution in [3.05, 3.63) is 29.6 Å². The molecule has 1 rings (SSSR count). The number of nitrogens with zero attached hydrogens (tertiary/aromatic N) is 1. The first-order valence-electron chi connectivity index (χ1n) is 6.01. The number of hydrogen-bond donors (Lipinski definition) is 2. The van der Waals surface area contributed by atoms with Crippen LogP contribution in [0.3, 0.4) is 0 Å². The second-order valence-electron chi connectivity index (χ2n) is 4.17. The van der Waals surface area contributed by atoms with Crippen LogP contribution in [0.15, 0.2) is 18.2 Å². The van der Waals surface area contributed by atoms with E-state index in [1.807, 2.05) is 6.92 Å². The standard InChI is InChI=1S/C13H17FN2O3/c1-3-4-8-16(2)13(19)15-11-9(12(17)18)6-5-7-10(11)14/h5-7H,3-4,8H2,1-2H3,(H,15,19)(H,17,18). The van der Waals surface area contributed by atoms with Gasteiger partial charge >= 0.3 is 12.0 Å². The maximum Gasteiger partial charge on any atom is 0.337 e. The molecule has 0 spiro atoms. The zero-order valence-electron chi connectivity index (χ0n) is 10.9. The van der Waals surface area contributed by atoms with E-state index in [1.54, 1.807) is 7.05 Å². The van der Waals surface area contributed by atoms with Gasteiger partial charge in [0.05, 0.1) is 11.3 Å². The number of unbranched alkanes of at least 4 members (excludes halogenated alkanes) is 1. The Morgan fingerprint density at radius 2 is 2.11 bits per heavy atom. The number of nitrogens with one attached hydrogen (secondary N) is 1. The van der Waals surface area contributed by atoms with Crippen molar-refractivity contribution >= 4 is 17.7 Å². The van der Waals surface area contributed by atoms with Gasteiger partial charge in [0.2, 0.25) is 0 Å². The van der Waals surface area contributed by atoms with E-state index < -0.39 is 17.8 Å². The molecular formula is C13H17FN2O3. The third kappa shape index (κ3) is 3.94. The minimum Gasteiger partial charge on any atom is -0.478 e. The van der Waals surface area contributed by atoms with Crippen LogP contribution in [-0.4, -0.2) is 35.6 Å². The molecule has 1 aromatic carbocycles. The van der Waals surface area contributed by atoms with E-state index in [0.29, 0.717) is 6.54 Å². The average Bonchev–Trinajstić information content (AvgIpc) is 2.37. The second kappa shape index (κ2) is 6.72. The number of carboxylic acid groups (broad SMARTS) is 1. The first-order valence-corrected chi connectivity index (χ1v) is 6.01. The molecule has 0 saturated carbocycles. The van der Waals surface area contributed by atoms with Gasteiger partial charge in [-0.3, -0.25) is 0 Å². The smallest absolute Gasteiger partial charge is 0.337 e. The lowest BCUT2D eigenvalue weighted by Crippen LogP contribution is -2.33. The molecule has 104 valence electrons. The topological polar surface area (TPSA) is 69.6 Å². The average molecular weight is 268 g/mol. The van der Waals surface area contributed by atoms with Gasteiger partial charge in [-0.1, -0.05) is 19.4 Å². The molecule has 0 heterocycles. The number of rotatable bonds is 5. The van der Waals surface area contributed by atoms with Crippen LogP contribution in [0.25, 0.3) is 0 Å². The van der Waals surface area contributed by atoms with E-state index in [9.17, 15) is 14.0 Å². The molecule has 6 heteroatoms. The summed E-state index contributed by atoms with van der Waals surface area (Å²) in [5.74, 6) is -2.05. The molecule has 0 fully saturated rings. The summed E-state index contributed by atoms with van der Waals surface area (Å²) < 4.78 is 13.6. The number of aromatic carboxylic acids is 1. The summed E-state index contributed by atoms with van der Waals surface area (Å²) in [4.78, 5) is 24.2. The Labute approximate surface area is 111 Å². The lowest BCUT2D eigenvalue weighted by molar-refractivity contribution is 0.0697. The molecule has 0 saturated heterocycles. The third-order valence-corrected chi connectivity index (χ3v) is 2.67. The Bertz CT molecular complexity index is 477. The van der Waals surface area contributed by atoms with Crippen LogP contribution < -0.4 is 5.32 Å². The van der Waals surface area contributed by atoms with Gasteiger partial charge in [-0.25, -0.2) is 14.0 Å². The van der Waals surface area contributed by atoms with Gasteiger partial charge in [0.1, 0.15) is 5.82 Å². The summed E-state index contributed by atoms with van der Waals surface area (Å²) in [5.41, 5.74) is -0.569. The van der Waals surface area contributed by atoms with Gasteiger partial charge in [-0.15, -0.1) is 0 Å². The lowest BCUT2D eigenvalue weighted by Gasteiger charge is -2.18. The van der Waals surface area contributed by atoms with Gasteiger partial charge in [0.25, 0.3) is 0 Å². The monoisotopic (exact) mass is 268 g/mol. The maximum absolute atomic E-state index is 13.6. The Kier molecular flexibility index (Phi) is 5.29. The molecule has 0 unspecified atom stereocenters. The van der Waals surface area contributed by atoms with E-state index >= 15 is 0 Å². The fourth-order valence-electron chi connectivity index (χ4n) is 1.53. The molecular weight excluding hydrogens is 251 g/mol. The highest BCUT2D eigenvalue weighted by Gasteiger charge is 2.18. The number of anilines is 1. The van der Waals surface area contributed by atoms with Crippen molar-refractivity contribution in [3.63, 3.8) is 0 Å². The number of amides is 2. The van der Waals surface area contributed by atoms with Crippen LogP contribution in [0, 0.1) is 5.82 Å². The Morgan fingerprint density at radius 3 is 2.68 bits per heavy atom. The highest BCUT2D eigenvalue weighted by Crippen LogP contribution is 2.20. The van der Waals surface area contributed by atoms with Crippen LogP contribution in [0.5, 0.6) is 0 Å². The number of urea groups is 1. The molecule has 0 aliphatic carbocycles. The lowest BCUT2D eigenvalue weighted by atomic mass is 10.1. The summed E-state index contributed by atoms with van der Waals surface area (Å²) in [6.45, 7) is 2.52. The minimum absolute atomic E-state index is 0.266. The van der Waals surface area contributed by atoms with Crippen LogP contribution in [0.4, 0.5) is 14.9 Å². The van der Waals surface area contributed by atoms with Gasteiger partial charge in [-0.2, -0.15) is 0 Å². The summed E-state index contributed by atoms with van der Waals surface area (Å²) in [6.07, 6.45) is 1.75. The highest BCUT2D eigenvalue weighted by molar-refractivity contribution is 6.00. The van der Waals surface area contributed by atoms with Gasteiger partial charge in [-0.05, 0) is 18.6 Å². The summed E-state index contributed by atoms with van der Waals surface area (Å²) >= 11 is 0. The maximum atomic E-state index is 13.6. The van der Waals surface area contributed by atoms with E-state index in [0.717, 1.165) is 18.9 Å². The van der Waals surface area contributed by atoms with Gasteiger partial charge in [0, 0.05) is 13.6 Å². The van der Waals surface area contributed by atoms with Crippen molar-refractivity contribution in [1.82, 2.24) is 4.90 Å². The Balaban J connectivity index is 2.87. The van der Waals surface area contributed by atoms with Crippen molar-refractivity contribution in [1.29, 1.82) is 0 Å². The first kappa shape index (κ1) is 14.9. The zero-order chi connectivity index (χ0) is 14.4. The van der Waals surface area contributed by atoms with E-state index in [4.69, 9.17) is 5.11 Å². The van der Waals surface area contributed by atoms with Crippen LogP contribution >= 0.6 is 0 Å². The van der Waals surface area contributed by atoms with Crippen LogP contribution in [0.1, 0.15) is 30.1 Å². The fraction of sp³-hybridized carbons (Fsp3) is 0.385.